The number of nitrogens with zero attached hydrogens (tertiary/aromatic N) is 2. The number of fused-ring (bicyclic) bond motifs is 1. The van der Waals surface area contributed by atoms with Gasteiger partial charge in [0.05, 0.1) is 21.7 Å². The smallest absolute Gasteiger partial charge is 0.336 e. The highest BCUT2D eigenvalue weighted by molar-refractivity contribution is 9.07. The summed E-state index contributed by atoms with van der Waals surface area (Å²) in [4.78, 5) is 25.4. The van der Waals surface area contributed by atoms with E-state index in [9.17, 15) is 14.7 Å². The van der Waals surface area contributed by atoms with E-state index in [1.54, 1.807) is 28.2 Å². The van der Waals surface area contributed by atoms with Crippen LogP contribution in [0.15, 0.2) is 63.8 Å². The molecule has 0 saturated carbocycles. The number of halogens is 2. The number of aromatic carboxylic acids is 1. The normalized spacial score (nSPS) is 17.3. The van der Waals surface area contributed by atoms with Crippen molar-refractivity contribution < 1.29 is 19.1 Å². The summed E-state index contributed by atoms with van der Waals surface area (Å²) in [5.41, 5.74) is 2.80. The minimum absolute atomic E-state index is 0.0919. The van der Waals surface area contributed by atoms with Crippen LogP contribution in [0.1, 0.15) is 36.2 Å². The summed E-state index contributed by atoms with van der Waals surface area (Å²) in [7, 11) is 0. The lowest BCUT2D eigenvalue weighted by molar-refractivity contribution is -0.106. The van der Waals surface area contributed by atoms with Crippen LogP contribution in [0.2, 0.25) is 0 Å². The molecular weight excluding hydrogens is 496 g/mol. The zero-order valence-corrected chi connectivity index (χ0v) is 19.9. The second-order valence-electron chi connectivity index (χ2n) is 7.87. The fourth-order valence-electron chi connectivity index (χ4n) is 4.05. The molecule has 6 nitrogen and oxygen atoms in total. The van der Waals surface area contributed by atoms with Gasteiger partial charge in [-0.1, -0.05) is 49.7 Å². The van der Waals surface area contributed by atoms with Crippen LogP contribution in [0.5, 0.6) is 0 Å². The van der Waals surface area contributed by atoms with E-state index in [0.717, 1.165) is 23.7 Å². The molecule has 1 aliphatic rings. The van der Waals surface area contributed by atoms with Crippen molar-refractivity contribution in [3.05, 3.63) is 70.5 Å². The largest absolute Gasteiger partial charge is 0.478 e. The highest BCUT2D eigenvalue weighted by atomic mass is 79.9. The average molecular weight is 518 g/mol. The highest BCUT2D eigenvalue weighted by Crippen LogP contribution is 2.39. The summed E-state index contributed by atoms with van der Waals surface area (Å²) < 4.78 is 7.71. The minimum Gasteiger partial charge on any atom is -0.478 e. The Kier molecular flexibility index (Phi) is 6.31. The summed E-state index contributed by atoms with van der Waals surface area (Å²) in [6.07, 6.45) is 1.62. The van der Waals surface area contributed by atoms with E-state index in [1.807, 2.05) is 29.2 Å². The number of rotatable bonds is 7. The van der Waals surface area contributed by atoms with Gasteiger partial charge < -0.3 is 14.4 Å². The standard InChI is InChI=1S/C24H22BrClN2O4/c1-3-14(2)23-27(19(13-29)22(26)28(23)25)12-15-8-9-20-16(10-15)11-21(32-20)17-6-4-5-7-18(17)24(30)31/h4-11,13-14,23H,3,12H2,1-2H3,(H,30,31). The third kappa shape index (κ3) is 3.91. The topological polar surface area (TPSA) is 74.0 Å². The second kappa shape index (κ2) is 9.00. The van der Waals surface area contributed by atoms with Gasteiger partial charge in [-0.25, -0.2) is 4.79 Å². The zero-order valence-electron chi connectivity index (χ0n) is 17.6. The molecule has 0 radical (unpaired) electrons. The molecule has 0 spiro atoms. The van der Waals surface area contributed by atoms with Crippen molar-refractivity contribution in [2.75, 3.05) is 0 Å². The fraction of sp³-hybridized carbons (Fsp3) is 0.250. The first-order valence-electron chi connectivity index (χ1n) is 10.3. The molecule has 1 N–H and O–H groups in total. The molecule has 0 saturated heterocycles. The van der Waals surface area contributed by atoms with E-state index in [1.165, 1.54) is 0 Å². The molecule has 8 heteroatoms. The number of carbonyl (C=O) groups excluding carboxylic acids is 1. The Morgan fingerprint density at radius 1 is 1.28 bits per heavy atom. The Morgan fingerprint density at radius 3 is 2.72 bits per heavy atom. The molecule has 2 unspecified atom stereocenters. The number of carboxylic acid groups (broad SMARTS) is 1. The van der Waals surface area contributed by atoms with Crippen molar-refractivity contribution in [3.63, 3.8) is 0 Å². The monoisotopic (exact) mass is 516 g/mol. The van der Waals surface area contributed by atoms with Crippen LogP contribution in [-0.4, -0.2) is 32.4 Å². The molecule has 1 aromatic heterocycles. The van der Waals surface area contributed by atoms with Crippen molar-refractivity contribution in [1.29, 1.82) is 0 Å². The number of allylic oxidation sites excluding steroid dienone is 1. The molecule has 2 atom stereocenters. The van der Waals surface area contributed by atoms with Crippen molar-refractivity contribution in [1.82, 2.24) is 8.83 Å². The van der Waals surface area contributed by atoms with Crippen LogP contribution < -0.4 is 0 Å². The van der Waals surface area contributed by atoms with Gasteiger partial charge >= 0.3 is 5.97 Å². The third-order valence-electron chi connectivity index (χ3n) is 5.88. The van der Waals surface area contributed by atoms with Gasteiger partial charge in [0.25, 0.3) is 0 Å². The molecule has 1 aliphatic heterocycles. The van der Waals surface area contributed by atoms with Crippen LogP contribution in [0.25, 0.3) is 22.3 Å². The Bertz CT molecular complexity index is 1220. The Labute approximate surface area is 199 Å². The SMILES string of the molecule is CCC(C)C1N(Br)C(Cl)=C(C=O)N1Cc1ccc2oc(-c3ccccc3C(=O)O)cc2c1. The lowest BCUT2D eigenvalue weighted by atomic mass is 10.0. The maximum atomic E-state index is 11.8. The van der Waals surface area contributed by atoms with E-state index in [-0.39, 0.29) is 17.6 Å². The summed E-state index contributed by atoms with van der Waals surface area (Å²) in [6.45, 7) is 4.71. The summed E-state index contributed by atoms with van der Waals surface area (Å²) in [6, 6.07) is 14.4. The van der Waals surface area contributed by atoms with Gasteiger partial charge in [0.2, 0.25) is 0 Å². The number of carboxylic acids is 1. The zero-order chi connectivity index (χ0) is 23.0. The first kappa shape index (κ1) is 22.4. The summed E-state index contributed by atoms with van der Waals surface area (Å²) >= 11 is 9.93. The molecule has 0 fully saturated rings. The van der Waals surface area contributed by atoms with Gasteiger partial charge in [-0.05, 0) is 42.2 Å². The van der Waals surface area contributed by atoms with Crippen molar-refractivity contribution in [3.8, 4) is 11.3 Å². The predicted octanol–water partition coefficient (Wildman–Crippen LogP) is 6.20. The molecule has 0 amide bonds. The van der Waals surface area contributed by atoms with Crippen LogP contribution >= 0.6 is 27.7 Å². The Morgan fingerprint density at radius 2 is 2.03 bits per heavy atom. The van der Waals surface area contributed by atoms with Crippen LogP contribution in [0.4, 0.5) is 0 Å². The Balaban J connectivity index is 1.69. The molecule has 4 rings (SSSR count). The van der Waals surface area contributed by atoms with Crippen LogP contribution in [0.3, 0.4) is 0 Å². The lowest BCUT2D eigenvalue weighted by Crippen LogP contribution is -2.40. The molecular formula is C24H22BrClN2O4. The fourth-order valence-corrected chi connectivity index (χ4v) is 5.11. The average Bonchev–Trinajstić information content (AvgIpc) is 3.31. The number of hydrogen-bond acceptors (Lipinski definition) is 5. The van der Waals surface area contributed by atoms with Crippen molar-refractivity contribution >= 4 is 51.0 Å². The molecule has 32 heavy (non-hydrogen) atoms. The van der Waals surface area contributed by atoms with Gasteiger partial charge in [-0.3, -0.25) is 8.72 Å². The van der Waals surface area contributed by atoms with Crippen LogP contribution in [-0.2, 0) is 11.3 Å². The quantitative estimate of drug-likeness (QED) is 0.228. The van der Waals surface area contributed by atoms with Crippen LogP contribution in [0, 0.1) is 5.92 Å². The third-order valence-corrected chi connectivity index (χ3v) is 7.24. The summed E-state index contributed by atoms with van der Waals surface area (Å²) in [5, 5.41) is 10.7. The number of furan rings is 1. The highest BCUT2D eigenvalue weighted by Gasteiger charge is 2.39. The van der Waals surface area contributed by atoms with E-state index >= 15 is 0 Å². The molecule has 0 aliphatic carbocycles. The van der Waals surface area contributed by atoms with Gasteiger partial charge in [0, 0.05) is 17.5 Å². The molecule has 2 heterocycles. The minimum atomic E-state index is -1.00. The van der Waals surface area contributed by atoms with E-state index in [2.05, 4.69) is 30.0 Å². The van der Waals surface area contributed by atoms with Gasteiger partial charge in [0.1, 0.15) is 28.4 Å². The molecule has 2 aromatic carbocycles. The van der Waals surface area contributed by atoms with Gasteiger partial charge in [-0.15, -0.1) is 0 Å². The van der Waals surface area contributed by atoms with E-state index in [0.29, 0.717) is 34.3 Å². The molecule has 3 aromatic rings. The number of carbonyl (C=O) groups is 2. The molecule has 0 bridgehead atoms. The lowest BCUT2D eigenvalue weighted by Gasteiger charge is -2.34. The second-order valence-corrected chi connectivity index (χ2v) is 8.99. The van der Waals surface area contributed by atoms with Crippen molar-refractivity contribution in [2.24, 2.45) is 5.92 Å². The van der Waals surface area contributed by atoms with E-state index in [4.69, 9.17) is 16.0 Å². The van der Waals surface area contributed by atoms with Crippen molar-refractivity contribution in [2.45, 2.75) is 33.0 Å². The maximum Gasteiger partial charge on any atom is 0.336 e. The van der Waals surface area contributed by atoms with E-state index < -0.39 is 5.97 Å². The summed E-state index contributed by atoms with van der Waals surface area (Å²) in [5.74, 6) is -0.245. The number of hydrogen-bond donors (Lipinski definition) is 1. The molecule has 166 valence electrons. The van der Waals surface area contributed by atoms with Gasteiger partial charge in [0.15, 0.2) is 6.29 Å². The maximum absolute atomic E-state index is 11.8. The number of benzene rings is 2. The Hall–Kier alpha value is -2.77. The first-order valence-corrected chi connectivity index (χ1v) is 11.4. The number of aldehydes is 1. The van der Waals surface area contributed by atoms with Gasteiger partial charge in [-0.2, -0.15) is 0 Å². The first-order chi connectivity index (χ1) is 15.3. The predicted molar refractivity (Wildman–Crippen MR) is 127 cm³/mol.